The predicted molar refractivity (Wildman–Crippen MR) is 133 cm³/mol. The summed E-state index contributed by atoms with van der Waals surface area (Å²) in [7, 11) is 0. The van der Waals surface area contributed by atoms with Crippen LogP contribution in [-0.4, -0.2) is 26.4 Å². The second-order valence-electron chi connectivity index (χ2n) is 7.38. The lowest BCUT2D eigenvalue weighted by Crippen LogP contribution is -2.14. The molecular formula is C25H24N4OS2. The van der Waals surface area contributed by atoms with Crippen molar-refractivity contribution in [3.05, 3.63) is 95.8 Å². The number of hydrogen-bond acceptors (Lipinski definition) is 5. The number of thioether (sulfide) groups is 2. The van der Waals surface area contributed by atoms with Crippen LogP contribution >= 0.6 is 23.5 Å². The van der Waals surface area contributed by atoms with Crippen molar-refractivity contribution in [3.8, 4) is 5.69 Å². The minimum Gasteiger partial charge on any atom is -0.325 e. The molecule has 1 aromatic heterocycles. The third-order valence-corrected chi connectivity index (χ3v) is 6.68. The summed E-state index contributed by atoms with van der Waals surface area (Å²) < 4.78 is 2.05. The molecule has 3 aromatic carbocycles. The van der Waals surface area contributed by atoms with Crippen LogP contribution in [-0.2, 0) is 10.5 Å². The van der Waals surface area contributed by atoms with Gasteiger partial charge in [0.15, 0.2) is 5.16 Å². The lowest BCUT2D eigenvalue weighted by Gasteiger charge is -2.11. The fraction of sp³-hybridized carbons (Fsp3) is 0.160. The molecule has 0 fully saturated rings. The van der Waals surface area contributed by atoms with Gasteiger partial charge in [-0.2, -0.15) is 0 Å². The van der Waals surface area contributed by atoms with E-state index in [1.807, 2.05) is 66.1 Å². The number of aromatic nitrogens is 3. The minimum absolute atomic E-state index is 0.0714. The fourth-order valence-electron chi connectivity index (χ4n) is 3.14. The molecular weight excluding hydrogens is 436 g/mol. The van der Waals surface area contributed by atoms with Gasteiger partial charge in [-0.15, -0.1) is 22.0 Å². The molecule has 0 saturated carbocycles. The Kier molecular flexibility index (Phi) is 7.29. The molecule has 0 saturated heterocycles. The van der Waals surface area contributed by atoms with Crippen LogP contribution in [0, 0.1) is 13.8 Å². The van der Waals surface area contributed by atoms with Crippen molar-refractivity contribution in [3.63, 3.8) is 0 Å². The molecule has 32 heavy (non-hydrogen) atoms. The van der Waals surface area contributed by atoms with Gasteiger partial charge in [-0.1, -0.05) is 59.8 Å². The van der Waals surface area contributed by atoms with Gasteiger partial charge >= 0.3 is 0 Å². The maximum atomic E-state index is 12.5. The number of nitrogens with zero attached hydrogens (tertiary/aromatic N) is 3. The van der Waals surface area contributed by atoms with E-state index in [4.69, 9.17) is 0 Å². The van der Waals surface area contributed by atoms with E-state index < -0.39 is 0 Å². The number of benzene rings is 3. The average Bonchev–Trinajstić information content (AvgIpc) is 3.21. The van der Waals surface area contributed by atoms with Gasteiger partial charge in [0.05, 0.1) is 11.5 Å². The molecule has 0 aliphatic rings. The Labute approximate surface area is 196 Å². The molecule has 4 aromatic rings. The average molecular weight is 461 g/mol. The van der Waals surface area contributed by atoms with E-state index in [1.165, 1.54) is 16.7 Å². The van der Waals surface area contributed by atoms with Crippen LogP contribution < -0.4 is 5.32 Å². The van der Waals surface area contributed by atoms with Gasteiger partial charge < -0.3 is 5.32 Å². The molecule has 1 N–H and O–H groups in total. The van der Waals surface area contributed by atoms with E-state index in [0.717, 1.165) is 28.3 Å². The maximum Gasteiger partial charge on any atom is 0.234 e. The largest absolute Gasteiger partial charge is 0.325 e. The van der Waals surface area contributed by atoms with E-state index >= 15 is 0 Å². The van der Waals surface area contributed by atoms with Gasteiger partial charge in [-0.3, -0.25) is 9.36 Å². The van der Waals surface area contributed by atoms with Crippen molar-refractivity contribution in [1.29, 1.82) is 0 Å². The maximum absolute atomic E-state index is 12.5. The number of aryl methyl sites for hydroxylation is 2. The zero-order valence-electron chi connectivity index (χ0n) is 18.0. The molecule has 0 spiro atoms. The fourth-order valence-corrected chi connectivity index (χ4v) is 4.75. The van der Waals surface area contributed by atoms with Crippen LogP contribution in [0.4, 0.5) is 5.69 Å². The van der Waals surface area contributed by atoms with E-state index in [1.54, 1.807) is 11.8 Å². The highest BCUT2D eigenvalue weighted by Crippen LogP contribution is 2.27. The molecule has 0 radical (unpaired) electrons. The molecule has 4 rings (SSSR count). The van der Waals surface area contributed by atoms with Crippen LogP contribution in [0.15, 0.2) is 88.9 Å². The first kappa shape index (κ1) is 22.2. The lowest BCUT2D eigenvalue weighted by atomic mass is 10.2. The third kappa shape index (κ3) is 5.81. The first-order chi connectivity index (χ1) is 15.6. The topological polar surface area (TPSA) is 59.8 Å². The summed E-state index contributed by atoms with van der Waals surface area (Å²) in [5.74, 6) is 1.72. The van der Waals surface area contributed by atoms with Crippen molar-refractivity contribution in [2.75, 3.05) is 11.1 Å². The molecule has 1 amide bonds. The summed E-state index contributed by atoms with van der Waals surface area (Å²) in [6, 6.07) is 26.3. The second-order valence-corrected chi connectivity index (χ2v) is 9.37. The Balaban J connectivity index is 1.51. The van der Waals surface area contributed by atoms with E-state index in [-0.39, 0.29) is 11.7 Å². The number of anilines is 1. The van der Waals surface area contributed by atoms with Crippen molar-refractivity contribution < 1.29 is 4.79 Å². The van der Waals surface area contributed by atoms with Gasteiger partial charge in [0.1, 0.15) is 5.82 Å². The van der Waals surface area contributed by atoms with Crippen LogP contribution in [0.3, 0.4) is 0 Å². The van der Waals surface area contributed by atoms with E-state index in [2.05, 4.69) is 46.7 Å². The smallest absolute Gasteiger partial charge is 0.234 e. The van der Waals surface area contributed by atoms with Crippen LogP contribution in [0.5, 0.6) is 0 Å². The molecule has 0 bridgehead atoms. The van der Waals surface area contributed by atoms with Gasteiger partial charge in [0.25, 0.3) is 0 Å². The van der Waals surface area contributed by atoms with Gasteiger partial charge in [0, 0.05) is 16.3 Å². The van der Waals surface area contributed by atoms with E-state index in [9.17, 15) is 4.79 Å². The van der Waals surface area contributed by atoms with Crippen LogP contribution in [0.25, 0.3) is 5.69 Å². The number of hydrogen-bond donors (Lipinski definition) is 1. The Morgan fingerprint density at radius 3 is 2.41 bits per heavy atom. The molecule has 1 heterocycles. The standard InChI is InChI=1S/C25H24N4OS2/c1-18-11-13-20(14-12-18)26-24(30)17-32-25-28-27-23(16-31-22-9-4-3-5-10-22)29(25)21-8-6-7-19(2)15-21/h3-15H,16-17H2,1-2H3,(H,26,30). The predicted octanol–water partition coefficient (Wildman–Crippen LogP) is 5.91. The van der Waals surface area contributed by atoms with Crippen LogP contribution in [0.2, 0.25) is 0 Å². The molecule has 0 unspecified atom stereocenters. The Bertz CT molecular complexity index is 1190. The van der Waals surface area contributed by atoms with Crippen molar-refractivity contribution in [2.24, 2.45) is 0 Å². The first-order valence-electron chi connectivity index (χ1n) is 10.3. The quantitative estimate of drug-likeness (QED) is 0.331. The number of nitrogens with one attached hydrogen (secondary N) is 1. The summed E-state index contributed by atoms with van der Waals surface area (Å²) in [5, 5.41) is 12.5. The molecule has 7 heteroatoms. The van der Waals surface area contributed by atoms with Crippen LogP contribution in [0.1, 0.15) is 17.0 Å². The highest BCUT2D eigenvalue weighted by molar-refractivity contribution is 7.99. The lowest BCUT2D eigenvalue weighted by molar-refractivity contribution is -0.113. The zero-order valence-corrected chi connectivity index (χ0v) is 19.6. The summed E-state index contributed by atoms with van der Waals surface area (Å²) in [6.45, 7) is 4.08. The number of carbonyl (C=O) groups excluding carboxylic acids is 1. The normalized spacial score (nSPS) is 10.8. The first-order valence-corrected chi connectivity index (χ1v) is 12.2. The summed E-state index contributed by atoms with van der Waals surface area (Å²) >= 11 is 3.10. The highest BCUT2D eigenvalue weighted by atomic mass is 32.2. The Morgan fingerprint density at radius 2 is 1.66 bits per heavy atom. The summed E-state index contributed by atoms with van der Waals surface area (Å²) in [6.07, 6.45) is 0. The number of carbonyl (C=O) groups is 1. The van der Waals surface area contributed by atoms with Crippen molar-refractivity contribution in [1.82, 2.24) is 14.8 Å². The number of amides is 1. The highest BCUT2D eigenvalue weighted by Gasteiger charge is 2.16. The van der Waals surface area contributed by atoms with Gasteiger partial charge in [-0.25, -0.2) is 0 Å². The van der Waals surface area contributed by atoms with Crippen molar-refractivity contribution >= 4 is 35.1 Å². The molecule has 162 valence electrons. The van der Waals surface area contributed by atoms with E-state index in [0.29, 0.717) is 10.9 Å². The Hall–Kier alpha value is -3.03. The SMILES string of the molecule is Cc1ccc(NC(=O)CSc2nnc(CSc3ccccc3)n2-c2cccc(C)c2)cc1. The molecule has 0 aliphatic heterocycles. The van der Waals surface area contributed by atoms with Crippen molar-refractivity contribution in [2.45, 2.75) is 29.7 Å². The number of rotatable bonds is 8. The Morgan fingerprint density at radius 1 is 0.875 bits per heavy atom. The second kappa shape index (κ2) is 10.5. The minimum atomic E-state index is -0.0714. The molecule has 0 atom stereocenters. The third-order valence-electron chi connectivity index (χ3n) is 4.74. The van der Waals surface area contributed by atoms with Gasteiger partial charge in [0.2, 0.25) is 5.91 Å². The molecule has 5 nitrogen and oxygen atoms in total. The molecule has 0 aliphatic carbocycles. The van der Waals surface area contributed by atoms with Gasteiger partial charge in [-0.05, 0) is 55.8 Å². The monoisotopic (exact) mass is 460 g/mol. The summed E-state index contributed by atoms with van der Waals surface area (Å²) in [4.78, 5) is 13.7. The zero-order chi connectivity index (χ0) is 22.3. The summed E-state index contributed by atoms with van der Waals surface area (Å²) in [5.41, 5.74) is 4.11.